The Bertz CT molecular complexity index is 653. The van der Waals surface area contributed by atoms with Gasteiger partial charge in [-0.2, -0.15) is 0 Å². The van der Waals surface area contributed by atoms with Gasteiger partial charge in [-0.3, -0.25) is 9.59 Å². The van der Waals surface area contributed by atoms with Gasteiger partial charge in [-0.1, -0.05) is 70.1 Å². The maximum atomic E-state index is 13.9. The molecule has 1 N–H and O–H groups in total. The molecule has 0 aliphatic heterocycles. The molecule has 0 spiro atoms. The second-order valence-electron chi connectivity index (χ2n) is 9.00. The lowest BCUT2D eigenvalue weighted by Crippen LogP contribution is -2.67. The molecule has 4 nitrogen and oxygen atoms in total. The van der Waals surface area contributed by atoms with Crippen LogP contribution < -0.4 is 0 Å². The number of esters is 1. The summed E-state index contributed by atoms with van der Waals surface area (Å²) < 4.78 is 5.20. The van der Waals surface area contributed by atoms with Gasteiger partial charge in [-0.05, 0) is 24.7 Å². The number of hydrogen-bond donors (Lipinski definition) is 1. The number of allylic oxidation sites excluding steroid dienone is 1. The third-order valence-corrected chi connectivity index (χ3v) is 13.6. The maximum absolute atomic E-state index is 13.9. The fourth-order valence-corrected chi connectivity index (χ4v) is 9.74. The third kappa shape index (κ3) is 2.72. The van der Waals surface area contributed by atoms with Crippen molar-refractivity contribution < 1.29 is 19.4 Å². The minimum atomic E-state index is -2.00. The van der Waals surface area contributed by atoms with Crippen LogP contribution in [0.25, 0.3) is 0 Å². The lowest BCUT2D eigenvalue weighted by atomic mass is 9.46. The maximum Gasteiger partial charge on any atom is 0.323 e. The number of fused-ring (bicyclic) bond motifs is 2. The minimum absolute atomic E-state index is 0.180. The van der Waals surface area contributed by atoms with Crippen LogP contribution in [0.1, 0.15) is 53.9 Å². The Hall–Kier alpha value is -1.20. The number of carbonyl (C=O) groups is 2. The van der Waals surface area contributed by atoms with Crippen LogP contribution in [0.2, 0.25) is 18.1 Å². The normalized spacial score (nSPS) is 32.6. The number of Topliss-reactive ketones (excluding diaryl/α,β-unsaturated/α-hetero) is 1. The number of ketones is 1. The quantitative estimate of drug-likeness (QED) is 0.301. The molecule has 0 amide bonds. The van der Waals surface area contributed by atoms with E-state index in [0.717, 1.165) is 23.3 Å². The van der Waals surface area contributed by atoms with E-state index in [1.54, 1.807) is 6.08 Å². The fraction of sp³-hybridized carbons (Fsp3) is 0.727. The average Bonchev–Trinajstić information content (AvgIpc) is 2.65. The van der Waals surface area contributed by atoms with Gasteiger partial charge in [0, 0.05) is 0 Å². The van der Waals surface area contributed by atoms with E-state index >= 15 is 0 Å². The van der Waals surface area contributed by atoms with Crippen LogP contribution in [-0.2, 0) is 14.3 Å². The van der Waals surface area contributed by atoms with Crippen molar-refractivity contribution in [1.82, 2.24) is 0 Å². The van der Waals surface area contributed by atoms with Crippen LogP contribution in [0.3, 0.4) is 0 Å². The van der Waals surface area contributed by atoms with E-state index in [2.05, 4.69) is 27.4 Å². The molecule has 2 aliphatic carbocycles. The molecule has 1 saturated carbocycles. The highest BCUT2D eigenvalue weighted by atomic mass is 28.3. The van der Waals surface area contributed by atoms with Gasteiger partial charge in [-0.15, -0.1) is 6.58 Å². The SMILES string of the molecule is C=CC[C@@]12CCC(C)(C)[C@@](C(=O)OC)(C=C([Si](CC)(CC)CC)[C@H]1O)C2=O. The molecule has 2 bridgehead atoms. The molecular formula is C22H36O4Si. The molecule has 0 heterocycles. The molecule has 2 aliphatic rings. The third-order valence-electron chi connectivity index (χ3n) is 7.92. The molecule has 0 aromatic carbocycles. The Balaban J connectivity index is 2.92. The van der Waals surface area contributed by atoms with E-state index in [9.17, 15) is 14.7 Å². The lowest BCUT2D eigenvalue weighted by molar-refractivity contribution is -0.178. The van der Waals surface area contributed by atoms with Crippen molar-refractivity contribution in [2.24, 2.45) is 16.2 Å². The zero-order chi connectivity index (χ0) is 20.7. The van der Waals surface area contributed by atoms with Crippen molar-refractivity contribution in [3.05, 3.63) is 23.9 Å². The van der Waals surface area contributed by atoms with Crippen LogP contribution >= 0.6 is 0 Å². The summed E-state index contributed by atoms with van der Waals surface area (Å²) in [7, 11) is -0.649. The second kappa shape index (κ2) is 7.32. The summed E-state index contributed by atoms with van der Waals surface area (Å²) >= 11 is 0. The Morgan fingerprint density at radius 3 is 2.30 bits per heavy atom. The van der Waals surface area contributed by atoms with Gasteiger partial charge in [-0.25, -0.2) is 0 Å². The predicted molar refractivity (Wildman–Crippen MR) is 111 cm³/mol. The lowest BCUT2D eigenvalue weighted by Gasteiger charge is -2.58. The minimum Gasteiger partial charge on any atom is -0.468 e. The number of rotatable bonds is 7. The molecule has 0 aromatic rings. The van der Waals surface area contributed by atoms with Crippen LogP contribution in [0, 0.1) is 16.2 Å². The first-order valence-corrected chi connectivity index (χ1v) is 12.9. The first kappa shape index (κ1) is 22.1. The van der Waals surface area contributed by atoms with Crippen molar-refractivity contribution in [2.75, 3.05) is 7.11 Å². The second-order valence-corrected chi connectivity index (χ2v) is 14.3. The Morgan fingerprint density at radius 2 is 1.85 bits per heavy atom. The van der Waals surface area contributed by atoms with Gasteiger partial charge in [0.25, 0.3) is 0 Å². The number of hydrogen-bond acceptors (Lipinski definition) is 4. The highest BCUT2D eigenvalue weighted by Crippen LogP contribution is 2.62. The summed E-state index contributed by atoms with van der Waals surface area (Å²) in [5.74, 6) is -0.665. The van der Waals surface area contributed by atoms with Crippen molar-refractivity contribution in [3.8, 4) is 0 Å². The summed E-state index contributed by atoms with van der Waals surface area (Å²) in [5, 5.41) is 12.5. The van der Waals surface area contributed by atoms with Crippen molar-refractivity contribution in [1.29, 1.82) is 0 Å². The highest BCUT2D eigenvalue weighted by Gasteiger charge is 2.70. The summed E-state index contributed by atoms with van der Waals surface area (Å²) in [6.45, 7) is 14.3. The first-order chi connectivity index (χ1) is 12.6. The molecule has 0 saturated heterocycles. The highest BCUT2D eigenvalue weighted by molar-refractivity contribution is 6.86. The van der Waals surface area contributed by atoms with Gasteiger partial charge in [0.05, 0.1) is 26.7 Å². The zero-order valence-electron chi connectivity index (χ0n) is 17.9. The standard InChI is InChI=1S/C22H36O4Si/c1-8-12-21-14-13-20(5,6)22(18(21)24,19(25)26-7)15-16(17(21)23)27(9-2,10-3)11-4/h8,15,17,23H,1,9-14H2,2-7H3/t17-,21-,22+/m1/s1. The van der Waals surface area contributed by atoms with Gasteiger partial charge in [0.2, 0.25) is 0 Å². The van der Waals surface area contributed by atoms with E-state index in [4.69, 9.17) is 4.74 Å². The van der Waals surface area contributed by atoms with Gasteiger partial charge in [0.1, 0.15) is 5.41 Å². The van der Waals surface area contributed by atoms with Crippen molar-refractivity contribution in [2.45, 2.75) is 78.1 Å². The zero-order valence-corrected chi connectivity index (χ0v) is 18.9. The van der Waals surface area contributed by atoms with E-state index in [-0.39, 0.29) is 5.78 Å². The number of aliphatic hydroxyl groups is 1. The van der Waals surface area contributed by atoms with Crippen LogP contribution in [0.15, 0.2) is 23.9 Å². The topological polar surface area (TPSA) is 63.6 Å². The number of aliphatic hydroxyl groups excluding tert-OH is 1. The first-order valence-electron chi connectivity index (χ1n) is 10.2. The molecule has 3 atom stereocenters. The molecule has 0 aromatic heterocycles. The van der Waals surface area contributed by atoms with Gasteiger partial charge in [0.15, 0.2) is 5.78 Å². The van der Waals surface area contributed by atoms with Crippen LogP contribution in [0.4, 0.5) is 0 Å². The summed E-state index contributed by atoms with van der Waals surface area (Å²) in [6.07, 6.45) is 4.40. The Morgan fingerprint density at radius 1 is 1.30 bits per heavy atom. The van der Waals surface area contributed by atoms with Gasteiger partial charge >= 0.3 is 5.97 Å². The largest absolute Gasteiger partial charge is 0.468 e. The monoisotopic (exact) mass is 392 g/mol. The smallest absolute Gasteiger partial charge is 0.323 e. The molecule has 2 rings (SSSR count). The molecule has 1 fully saturated rings. The van der Waals surface area contributed by atoms with Crippen LogP contribution in [-0.4, -0.2) is 38.1 Å². The van der Waals surface area contributed by atoms with E-state index in [1.807, 2.05) is 19.9 Å². The Labute approximate surface area is 165 Å². The average molecular weight is 393 g/mol. The van der Waals surface area contributed by atoms with Crippen molar-refractivity contribution >= 4 is 19.8 Å². The molecule has 0 unspecified atom stereocenters. The van der Waals surface area contributed by atoms with E-state index < -0.39 is 36.4 Å². The predicted octanol–water partition coefficient (Wildman–Crippen LogP) is 4.45. The molecule has 27 heavy (non-hydrogen) atoms. The van der Waals surface area contributed by atoms with Crippen LogP contribution in [0.5, 0.6) is 0 Å². The number of carbonyl (C=O) groups excluding carboxylic acids is 2. The molecular weight excluding hydrogens is 356 g/mol. The van der Waals surface area contributed by atoms with E-state index in [0.29, 0.717) is 19.3 Å². The van der Waals surface area contributed by atoms with Crippen molar-refractivity contribution in [3.63, 3.8) is 0 Å². The number of methoxy groups -OCH3 is 1. The molecule has 152 valence electrons. The fourth-order valence-electron chi connectivity index (χ4n) is 5.64. The summed E-state index contributed by atoms with van der Waals surface area (Å²) in [4.78, 5) is 27.0. The summed E-state index contributed by atoms with van der Waals surface area (Å²) in [5.41, 5.74) is -2.84. The van der Waals surface area contributed by atoms with E-state index in [1.165, 1.54) is 7.11 Å². The Kier molecular flexibility index (Phi) is 5.99. The summed E-state index contributed by atoms with van der Waals surface area (Å²) in [6, 6.07) is 2.96. The number of ether oxygens (including phenoxy) is 1. The molecule has 5 heteroatoms. The molecule has 0 radical (unpaired) electrons. The van der Waals surface area contributed by atoms with Gasteiger partial charge < -0.3 is 9.84 Å².